The average molecular weight is 229 g/mol. The Bertz CT molecular complexity index is 292. The van der Waals surface area contributed by atoms with Gasteiger partial charge in [0.05, 0.1) is 12.1 Å². The van der Waals surface area contributed by atoms with Crippen LogP contribution in [0.25, 0.3) is 0 Å². The molecule has 1 rings (SSSR count). The van der Waals surface area contributed by atoms with Gasteiger partial charge in [-0.3, -0.25) is 9.59 Å². The third-order valence-corrected chi connectivity index (χ3v) is 2.96. The monoisotopic (exact) mass is 229 g/mol. The predicted octanol–water partition coefficient (Wildman–Crippen LogP) is 0.782. The fourth-order valence-electron chi connectivity index (χ4n) is 1.56. The maximum atomic E-state index is 11.8. The number of carbonyl (C=O) groups is 2. The van der Waals surface area contributed by atoms with Crippen LogP contribution in [-0.4, -0.2) is 35.7 Å². The fourth-order valence-corrected chi connectivity index (χ4v) is 1.56. The lowest BCUT2D eigenvalue weighted by molar-refractivity contribution is -0.154. The molecule has 0 radical (unpaired) electrons. The van der Waals surface area contributed by atoms with Crippen molar-refractivity contribution in [3.8, 4) is 0 Å². The molecule has 1 fully saturated rings. The van der Waals surface area contributed by atoms with Crippen molar-refractivity contribution in [2.45, 2.75) is 39.2 Å². The van der Waals surface area contributed by atoms with E-state index >= 15 is 0 Å². The molecule has 0 aromatic rings. The van der Waals surface area contributed by atoms with Crippen molar-refractivity contribution in [3.05, 3.63) is 0 Å². The molecular formula is C11H19NO4. The molecule has 0 saturated carbocycles. The number of hydrogen-bond acceptors (Lipinski definition) is 3. The lowest BCUT2D eigenvalue weighted by Gasteiger charge is -2.36. The van der Waals surface area contributed by atoms with Crippen molar-refractivity contribution >= 4 is 11.9 Å². The Morgan fingerprint density at radius 1 is 1.44 bits per heavy atom. The molecule has 1 heterocycles. The van der Waals surface area contributed by atoms with E-state index in [1.807, 2.05) is 6.92 Å². The van der Waals surface area contributed by atoms with E-state index in [-0.39, 0.29) is 0 Å². The Balaban J connectivity index is 2.66. The van der Waals surface area contributed by atoms with Gasteiger partial charge in [-0.25, -0.2) is 0 Å². The van der Waals surface area contributed by atoms with E-state index in [1.54, 1.807) is 0 Å². The van der Waals surface area contributed by atoms with Crippen LogP contribution in [0, 0.1) is 5.41 Å². The summed E-state index contributed by atoms with van der Waals surface area (Å²) in [6, 6.07) is 0. The summed E-state index contributed by atoms with van der Waals surface area (Å²) in [5.74, 6) is -1.58. The molecule has 0 bridgehead atoms. The molecule has 1 aliphatic heterocycles. The van der Waals surface area contributed by atoms with Crippen molar-refractivity contribution in [2.75, 3.05) is 13.2 Å². The number of amides is 1. The van der Waals surface area contributed by atoms with Crippen molar-refractivity contribution in [2.24, 2.45) is 5.41 Å². The summed E-state index contributed by atoms with van der Waals surface area (Å²) >= 11 is 0. The van der Waals surface area contributed by atoms with E-state index in [2.05, 4.69) is 5.32 Å². The van der Waals surface area contributed by atoms with Gasteiger partial charge in [-0.15, -0.1) is 0 Å². The number of aliphatic carboxylic acids is 1. The van der Waals surface area contributed by atoms with Crippen LogP contribution in [0.2, 0.25) is 0 Å². The van der Waals surface area contributed by atoms with Gasteiger partial charge in [0.1, 0.15) is 5.41 Å². The minimum Gasteiger partial charge on any atom is -0.480 e. The largest absolute Gasteiger partial charge is 0.480 e. The molecule has 0 aliphatic carbocycles. The van der Waals surface area contributed by atoms with E-state index in [9.17, 15) is 9.59 Å². The third-order valence-electron chi connectivity index (χ3n) is 2.96. The molecule has 5 nitrogen and oxygen atoms in total. The topological polar surface area (TPSA) is 75.6 Å². The smallest absolute Gasteiger partial charge is 0.318 e. The van der Waals surface area contributed by atoms with Crippen LogP contribution in [0.4, 0.5) is 0 Å². The highest BCUT2D eigenvalue weighted by Crippen LogP contribution is 2.22. The van der Waals surface area contributed by atoms with Gasteiger partial charge < -0.3 is 15.2 Å². The quantitative estimate of drug-likeness (QED) is 0.701. The Kier molecular flexibility index (Phi) is 3.57. The number of nitrogens with one attached hydrogen (secondary N) is 1. The van der Waals surface area contributed by atoms with Crippen molar-refractivity contribution in [3.63, 3.8) is 0 Å². The summed E-state index contributed by atoms with van der Waals surface area (Å²) in [4.78, 5) is 22.7. The maximum Gasteiger partial charge on any atom is 0.318 e. The molecule has 92 valence electrons. The highest BCUT2D eigenvalue weighted by Gasteiger charge is 2.40. The molecule has 16 heavy (non-hydrogen) atoms. The summed E-state index contributed by atoms with van der Waals surface area (Å²) in [6.45, 7) is 5.82. The molecule has 1 atom stereocenters. The lowest BCUT2D eigenvalue weighted by Crippen LogP contribution is -2.56. The summed E-state index contributed by atoms with van der Waals surface area (Å²) < 4.78 is 5.30. The van der Waals surface area contributed by atoms with Gasteiger partial charge in [0.2, 0.25) is 5.91 Å². The van der Waals surface area contributed by atoms with Gasteiger partial charge in [-0.05, 0) is 33.6 Å². The first-order valence-corrected chi connectivity index (χ1v) is 5.42. The fraction of sp³-hybridized carbons (Fsp3) is 0.818. The molecule has 5 heteroatoms. The van der Waals surface area contributed by atoms with Gasteiger partial charge in [-0.1, -0.05) is 0 Å². The third kappa shape index (κ3) is 2.72. The number of rotatable bonds is 3. The van der Waals surface area contributed by atoms with Crippen LogP contribution < -0.4 is 5.32 Å². The van der Waals surface area contributed by atoms with Crippen LogP contribution in [0.3, 0.4) is 0 Å². The second-order valence-corrected chi connectivity index (χ2v) is 5.10. The van der Waals surface area contributed by atoms with E-state index in [0.29, 0.717) is 13.2 Å². The molecule has 1 aliphatic rings. The van der Waals surface area contributed by atoms with Crippen molar-refractivity contribution in [1.29, 1.82) is 0 Å². The van der Waals surface area contributed by atoms with Gasteiger partial charge in [0.25, 0.3) is 0 Å². The zero-order valence-corrected chi connectivity index (χ0v) is 10.0. The number of carboxylic acids is 1. The Hall–Kier alpha value is -1.10. The highest BCUT2D eigenvalue weighted by atomic mass is 16.5. The van der Waals surface area contributed by atoms with Crippen LogP contribution in [-0.2, 0) is 14.3 Å². The number of carboxylic acid groups (broad SMARTS) is 1. The molecule has 2 N–H and O–H groups in total. The van der Waals surface area contributed by atoms with Gasteiger partial charge >= 0.3 is 5.97 Å². The highest BCUT2D eigenvalue weighted by molar-refractivity contribution is 6.01. The normalized spacial score (nSPS) is 26.2. The predicted molar refractivity (Wildman–Crippen MR) is 58.0 cm³/mol. The number of carbonyl (C=O) groups excluding carboxylic acids is 1. The SMILES string of the molecule is CC1(NC(=O)C(C)(C)C(=O)O)CCCOC1. The lowest BCUT2D eigenvalue weighted by atomic mass is 9.88. The molecule has 0 aromatic heterocycles. The summed E-state index contributed by atoms with van der Waals surface area (Å²) in [6.07, 6.45) is 1.69. The van der Waals surface area contributed by atoms with E-state index in [0.717, 1.165) is 12.8 Å². The Morgan fingerprint density at radius 2 is 2.06 bits per heavy atom. The van der Waals surface area contributed by atoms with Crippen LogP contribution >= 0.6 is 0 Å². The van der Waals surface area contributed by atoms with Crippen LogP contribution in [0.1, 0.15) is 33.6 Å². The molecule has 0 spiro atoms. The summed E-state index contributed by atoms with van der Waals surface area (Å²) in [5.41, 5.74) is -1.84. The summed E-state index contributed by atoms with van der Waals surface area (Å²) in [5, 5.41) is 11.7. The molecule has 1 amide bonds. The molecule has 1 unspecified atom stereocenters. The van der Waals surface area contributed by atoms with E-state index in [1.165, 1.54) is 13.8 Å². The standard InChI is InChI=1S/C11H19NO4/c1-10(2,9(14)15)8(13)12-11(3)5-4-6-16-7-11/h4-7H2,1-3H3,(H,12,13)(H,14,15). The van der Waals surface area contributed by atoms with Gasteiger partial charge in [-0.2, -0.15) is 0 Å². The Morgan fingerprint density at radius 3 is 2.50 bits per heavy atom. The minimum absolute atomic E-state index is 0.439. The van der Waals surface area contributed by atoms with Crippen LogP contribution in [0.15, 0.2) is 0 Å². The Labute approximate surface area is 95.2 Å². The summed E-state index contributed by atoms with van der Waals surface area (Å²) in [7, 11) is 0. The second kappa shape index (κ2) is 4.41. The van der Waals surface area contributed by atoms with Gasteiger partial charge in [0.15, 0.2) is 0 Å². The molecule has 1 saturated heterocycles. The zero-order valence-electron chi connectivity index (χ0n) is 10.0. The molecule has 0 aromatic carbocycles. The van der Waals surface area contributed by atoms with Gasteiger partial charge in [0, 0.05) is 6.61 Å². The number of ether oxygens (including phenoxy) is 1. The maximum absolute atomic E-state index is 11.8. The second-order valence-electron chi connectivity index (χ2n) is 5.10. The number of hydrogen-bond donors (Lipinski definition) is 2. The molecular weight excluding hydrogens is 210 g/mol. The van der Waals surface area contributed by atoms with E-state index < -0.39 is 22.8 Å². The average Bonchev–Trinajstić information content (AvgIpc) is 2.17. The minimum atomic E-state index is -1.40. The zero-order chi connectivity index (χ0) is 12.4. The first-order chi connectivity index (χ1) is 7.28. The van der Waals surface area contributed by atoms with Crippen molar-refractivity contribution in [1.82, 2.24) is 5.32 Å². The van der Waals surface area contributed by atoms with Crippen LogP contribution in [0.5, 0.6) is 0 Å². The van der Waals surface area contributed by atoms with E-state index in [4.69, 9.17) is 9.84 Å². The van der Waals surface area contributed by atoms with Crippen molar-refractivity contribution < 1.29 is 19.4 Å². The first-order valence-electron chi connectivity index (χ1n) is 5.42. The first kappa shape index (κ1) is 13.0.